The third-order valence-corrected chi connectivity index (χ3v) is 14.5. The highest BCUT2D eigenvalue weighted by Crippen LogP contribution is 2.37. The first kappa shape index (κ1) is 33.2. The Morgan fingerprint density at radius 1 is 0.358 bits per heavy atom. The van der Waals surface area contributed by atoms with E-state index in [4.69, 9.17) is 11.3 Å². The smallest absolute Gasteiger partial charge is 0.187 e. The monoisotopic (exact) mass is 696 g/mol. The third kappa shape index (κ3) is 6.78. The van der Waals surface area contributed by atoms with Crippen molar-refractivity contribution in [2.75, 3.05) is 4.90 Å². The highest BCUT2D eigenvalue weighted by atomic mass is 28.3. The van der Waals surface area contributed by atoms with Crippen LogP contribution in [0.15, 0.2) is 218 Å². The highest BCUT2D eigenvalue weighted by Gasteiger charge is 2.41. The number of benzene rings is 8. The number of para-hydroxylation sites is 1. The van der Waals surface area contributed by atoms with E-state index in [1.807, 2.05) is 66.7 Å². The maximum absolute atomic E-state index is 7.45. The second-order valence-corrected chi connectivity index (χ2v) is 16.7. The van der Waals surface area contributed by atoms with Gasteiger partial charge in [0.15, 0.2) is 13.8 Å². The first-order valence-electron chi connectivity index (χ1n) is 17.7. The van der Waals surface area contributed by atoms with Crippen LogP contribution >= 0.6 is 0 Å². The molecule has 8 aromatic carbocycles. The molecule has 4 heteroatoms. The van der Waals surface area contributed by atoms with Gasteiger partial charge in [-0.25, -0.2) is 4.85 Å². The summed E-state index contributed by atoms with van der Waals surface area (Å²) in [4.78, 5) is 5.80. The summed E-state index contributed by atoms with van der Waals surface area (Å²) in [5.41, 5.74) is 5.88. The standard InChI is InChI=1S/C49H36N2OSi/c1-50-40-26-30-42(31-27-40)51(43-32-34-45(35-33-43)52-44-14-6-2-7-15-44)41-28-22-38(23-29-41)39-24-36-49(37-25-39)53(46-16-8-3-9-17-46,47-18-10-4-11-19-47)48-20-12-5-13-21-48/h2-37H. The minimum absolute atomic E-state index is 0.609. The molecule has 0 spiro atoms. The summed E-state index contributed by atoms with van der Waals surface area (Å²) in [7, 11) is -2.59. The molecule has 0 N–H and O–H groups in total. The molecule has 0 aromatic heterocycles. The fourth-order valence-electron chi connectivity index (χ4n) is 7.19. The van der Waals surface area contributed by atoms with E-state index in [1.165, 1.54) is 20.7 Å². The summed E-state index contributed by atoms with van der Waals surface area (Å²) in [6, 6.07) is 76.6. The van der Waals surface area contributed by atoms with Crippen molar-refractivity contribution in [1.29, 1.82) is 0 Å². The summed E-state index contributed by atoms with van der Waals surface area (Å²) in [6.07, 6.45) is 0. The molecule has 0 saturated carbocycles. The Bertz CT molecular complexity index is 2330. The fourth-order valence-corrected chi connectivity index (χ4v) is 11.9. The minimum Gasteiger partial charge on any atom is -0.457 e. The van der Waals surface area contributed by atoms with Crippen LogP contribution in [-0.2, 0) is 0 Å². The molecule has 0 atom stereocenters. The Hall–Kier alpha value is -6.93. The van der Waals surface area contributed by atoms with Gasteiger partial charge in [0, 0.05) is 17.1 Å². The Morgan fingerprint density at radius 2 is 0.698 bits per heavy atom. The van der Waals surface area contributed by atoms with Crippen molar-refractivity contribution in [3.05, 3.63) is 230 Å². The lowest BCUT2D eigenvalue weighted by Gasteiger charge is -2.34. The quantitative estimate of drug-likeness (QED) is 0.0804. The van der Waals surface area contributed by atoms with Crippen molar-refractivity contribution in [1.82, 2.24) is 0 Å². The van der Waals surface area contributed by atoms with Crippen LogP contribution in [0.1, 0.15) is 0 Å². The summed E-state index contributed by atoms with van der Waals surface area (Å²) in [5.74, 6) is 1.56. The topological polar surface area (TPSA) is 16.8 Å². The first-order chi connectivity index (χ1) is 26.2. The fraction of sp³-hybridized carbons (Fsp3) is 0. The van der Waals surface area contributed by atoms with Crippen LogP contribution in [0, 0.1) is 6.57 Å². The molecule has 0 bridgehead atoms. The Kier molecular flexibility index (Phi) is 9.48. The van der Waals surface area contributed by atoms with Crippen molar-refractivity contribution in [3.8, 4) is 22.6 Å². The third-order valence-electron chi connectivity index (χ3n) is 9.71. The molecule has 0 radical (unpaired) electrons. The summed E-state index contributed by atoms with van der Waals surface area (Å²) in [6.45, 7) is 7.45. The molecule has 0 fully saturated rings. The number of hydrogen-bond acceptors (Lipinski definition) is 2. The van der Waals surface area contributed by atoms with E-state index in [2.05, 4.69) is 161 Å². The van der Waals surface area contributed by atoms with Gasteiger partial charge in [0.05, 0.1) is 6.57 Å². The van der Waals surface area contributed by atoms with Gasteiger partial charge >= 0.3 is 0 Å². The van der Waals surface area contributed by atoms with E-state index in [9.17, 15) is 0 Å². The number of nitrogens with zero attached hydrogens (tertiary/aromatic N) is 2. The van der Waals surface area contributed by atoms with E-state index in [0.29, 0.717) is 5.69 Å². The normalized spacial score (nSPS) is 11.0. The average molecular weight is 697 g/mol. The van der Waals surface area contributed by atoms with Crippen molar-refractivity contribution in [2.45, 2.75) is 0 Å². The van der Waals surface area contributed by atoms with E-state index in [0.717, 1.165) is 39.7 Å². The largest absolute Gasteiger partial charge is 0.457 e. The van der Waals surface area contributed by atoms with Gasteiger partial charge in [-0.15, -0.1) is 0 Å². The molecular weight excluding hydrogens is 661 g/mol. The highest BCUT2D eigenvalue weighted by molar-refractivity contribution is 7.19. The van der Waals surface area contributed by atoms with Crippen LogP contribution in [0.5, 0.6) is 11.5 Å². The van der Waals surface area contributed by atoms with Crippen LogP contribution in [0.4, 0.5) is 22.7 Å². The van der Waals surface area contributed by atoms with Crippen molar-refractivity contribution >= 4 is 51.6 Å². The van der Waals surface area contributed by atoms with Gasteiger partial charge < -0.3 is 9.64 Å². The van der Waals surface area contributed by atoms with Crippen LogP contribution in [-0.4, -0.2) is 8.07 Å². The van der Waals surface area contributed by atoms with Gasteiger partial charge in [0.25, 0.3) is 0 Å². The lowest BCUT2D eigenvalue weighted by Crippen LogP contribution is -2.74. The molecule has 8 rings (SSSR count). The zero-order chi connectivity index (χ0) is 35.9. The minimum atomic E-state index is -2.59. The molecule has 0 aliphatic heterocycles. The number of hydrogen-bond donors (Lipinski definition) is 0. The van der Waals surface area contributed by atoms with E-state index >= 15 is 0 Å². The van der Waals surface area contributed by atoms with E-state index < -0.39 is 8.07 Å². The Morgan fingerprint density at radius 3 is 1.13 bits per heavy atom. The number of rotatable bonds is 10. The molecule has 0 unspecified atom stereocenters. The molecule has 0 saturated heterocycles. The molecule has 252 valence electrons. The molecule has 3 nitrogen and oxygen atoms in total. The Labute approximate surface area is 312 Å². The maximum Gasteiger partial charge on any atom is 0.187 e. The van der Waals surface area contributed by atoms with Gasteiger partial charge in [-0.1, -0.05) is 158 Å². The summed E-state index contributed by atoms with van der Waals surface area (Å²) < 4.78 is 6.07. The molecular formula is C49H36N2OSi. The second kappa shape index (κ2) is 15.1. The van der Waals surface area contributed by atoms with Crippen LogP contribution in [0.2, 0.25) is 0 Å². The van der Waals surface area contributed by atoms with Gasteiger partial charge in [0.2, 0.25) is 0 Å². The second-order valence-electron chi connectivity index (χ2n) is 12.8. The molecule has 53 heavy (non-hydrogen) atoms. The van der Waals surface area contributed by atoms with Gasteiger partial charge in [-0.05, 0) is 92.5 Å². The van der Waals surface area contributed by atoms with Gasteiger partial charge in [-0.2, -0.15) is 0 Å². The summed E-state index contributed by atoms with van der Waals surface area (Å²) in [5, 5.41) is 5.42. The Balaban J connectivity index is 1.14. The van der Waals surface area contributed by atoms with Crippen LogP contribution in [0.3, 0.4) is 0 Å². The lowest BCUT2D eigenvalue weighted by molar-refractivity contribution is 0.483. The molecule has 0 amide bonds. The maximum atomic E-state index is 7.45. The van der Waals surface area contributed by atoms with Crippen molar-refractivity contribution < 1.29 is 4.74 Å². The lowest BCUT2D eigenvalue weighted by atomic mass is 10.0. The predicted molar refractivity (Wildman–Crippen MR) is 223 cm³/mol. The van der Waals surface area contributed by atoms with Crippen LogP contribution < -0.4 is 30.4 Å². The average Bonchev–Trinajstić information content (AvgIpc) is 3.24. The predicted octanol–water partition coefficient (Wildman–Crippen LogP) is 10.5. The van der Waals surface area contributed by atoms with E-state index in [-0.39, 0.29) is 0 Å². The zero-order valence-corrected chi connectivity index (χ0v) is 30.1. The molecule has 0 aliphatic carbocycles. The van der Waals surface area contributed by atoms with Crippen molar-refractivity contribution in [3.63, 3.8) is 0 Å². The van der Waals surface area contributed by atoms with Gasteiger partial charge in [0.1, 0.15) is 11.5 Å². The van der Waals surface area contributed by atoms with E-state index in [1.54, 1.807) is 0 Å². The van der Waals surface area contributed by atoms with Crippen molar-refractivity contribution in [2.24, 2.45) is 0 Å². The molecule has 0 heterocycles. The number of anilines is 3. The first-order valence-corrected chi connectivity index (χ1v) is 19.7. The van der Waals surface area contributed by atoms with Crippen LogP contribution in [0.25, 0.3) is 16.0 Å². The molecule has 0 aliphatic rings. The summed E-state index contributed by atoms with van der Waals surface area (Å²) >= 11 is 0. The SMILES string of the molecule is [C-]#[N+]c1ccc(N(c2ccc(Oc3ccccc3)cc2)c2ccc(-c3ccc([Si](c4ccccc4)(c4ccccc4)c4ccccc4)cc3)cc2)cc1. The number of ether oxygens (including phenoxy) is 1. The van der Waals surface area contributed by atoms with Gasteiger partial charge in [-0.3, -0.25) is 0 Å². The zero-order valence-electron chi connectivity index (χ0n) is 29.1. The molecule has 8 aromatic rings.